The molecule has 1 aliphatic heterocycles. The molecule has 0 bridgehead atoms. The van der Waals surface area contributed by atoms with Crippen LogP contribution in [0.3, 0.4) is 0 Å². The van der Waals surface area contributed by atoms with Crippen LogP contribution in [0.2, 0.25) is 0 Å². The average Bonchev–Trinajstić information content (AvgIpc) is 3.55. The minimum atomic E-state index is -4.36. The number of carbonyl (C=O) groups is 2. The molecular formula is C32H36FN3O7S. The molecule has 0 spiro atoms. The van der Waals surface area contributed by atoms with Crippen LogP contribution in [-0.4, -0.2) is 64.1 Å². The van der Waals surface area contributed by atoms with Crippen molar-refractivity contribution in [2.75, 3.05) is 31.2 Å². The Balaban J connectivity index is 1.47. The summed E-state index contributed by atoms with van der Waals surface area (Å²) < 4.78 is 59.4. The Morgan fingerprint density at radius 3 is 2.30 bits per heavy atom. The number of rotatable bonds is 11. The predicted molar refractivity (Wildman–Crippen MR) is 162 cm³/mol. The van der Waals surface area contributed by atoms with Crippen molar-refractivity contribution in [3.63, 3.8) is 0 Å². The highest BCUT2D eigenvalue weighted by molar-refractivity contribution is 7.92. The van der Waals surface area contributed by atoms with Gasteiger partial charge in [0.05, 0.1) is 17.7 Å². The van der Waals surface area contributed by atoms with Gasteiger partial charge < -0.3 is 24.4 Å². The molecule has 1 heterocycles. The third-order valence-corrected chi connectivity index (χ3v) is 9.65. The fraction of sp³-hybridized carbons (Fsp3) is 0.375. The van der Waals surface area contributed by atoms with Crippen LogP contribution < -0.4 is 23.8 Å². The van der Waals surface area contributed by atoms with E-state index in [0.717, 1.165) is 47.7 Å². The summed E-state index contributed by atoms with van der Waals surface area (Å²) in [6.45, 7) is 1.63. The van der Waals surface area contributed by atoms with Crippen LogP contribution in [0.15, 0.2) is 71.6 Å². The normalized spacial score (nSPS) is 15.3. The number of anilines is 1. The average molecular weight is 626 g/mol. The molecule has 3 aromatic carbocycles. The minimum absolute atomic E-state index is 0.0363. The number of amides is 2. The van der Waals surface area contributed by atoms with Crippen molar-refractivity contribution >= 4 is 27.5 Å². The van der Waals surface area contributed by atoms with E-state index in [1.165, 1.54) is 35.2 Å². The molecule has 1 atom stereocenters. The van der Waals surface area contributed by atoms with Crippen molar-refractivity contribution in [1.29, 1.82) is 0 Å². The summed E-state index contributed by atoms with van der Waals surface area (Å²) in [5.41, 5.74) is 0.810. The quantitative estimate of drug-likeness (QED) is 0.339. The number of halogens is 1. The maximum absolute atomic E-state index is 14.1. The number of hydrogen-bond donors (Lipinski definition) is 1. The highest BCUT2D eigenvalue weighted by Gasteiger charge is 2.34. The lowest BCUT2D eigenvalue weighted by Gasteiger charge is -2.32. The zero-order chi connectivity index (χ0) is 31.3. The van der Waals surface area contributed by atoms with Crippen LogP contribution in [0.5, 0.6) is 17.2 Å². The number of sulfonamides is 1. The smallest absolute Gasteiger partial charge is 0.264 e. The van der Waals surface area contributed by atoms with Gasteiger partial charge in [0.15, 0.2) is 11.5 Å². The molecule has 1 N–H and O–H groups in total. The van der Waals surface area contributed by atoms with E-state index in [0.29, 0.717) is 18.1 Å². The van der Waals surface area contributed by atoms with Gasteiger partial charge in [0.25, 0.3) is 10.0 Å². The third-order valence-electron chi connectivity index (χ3n) is 7.88. The molecule has 1 aliphatic carbocycles. The van der Waals surface area contributed by atoms with Gasteiger partial charge in [-0.2, -0.15) is 0 Å². The number of fused-ring (bicyclic) bond motifs is 1. The Bertz CT molecular complexity index is 1580. The second-order valence-corrected chi connectivity index (χ2v) is 12.7. The lowest BCUT2D eigenvalue weighted by atomic mass is 10.1. The highest BCUT2D eigenvalue weighted by atomic mass is 32.2. The van der Waals surface area contributed by atoms with Gasteiger partial charge in [-0.05, 0) is 73.9 Å². The second-order valence-electron chi connectivity index (χ2n) is 10.8. The van der Waals surface area contributed by atoms with E-state index in [4.69, 9.17) is 14.2 Å². The Morgan fingerprint density at radius 2 is 1.64 bits per heavy atom. The summed E-state index contributed by atoms with van der Waals surface area (Å²) in [6.07, 6.45) is 3.80. The van der Waals surface area contributed by atoms with Crippen LogP contribution in [0, 0.1) is 5.82 Å². The second kappa shape index (κ2) is 13.5. The number of hydrogen-bond acceptors (Lipinski definition) is 7. The van der Waals surface area contributed by atoms with E-state index in [-0.39, 0.29) is 41.4 Å². The zero-order valence-electron chi connectivity index (χ0n) is 24.7. The van der Waals surface area contributed by atoms with Crippen LogP contribution in [0.1, 0.15) is 38.2 Å². The molecular weight excluding hydrogens is 589 g/mol. The molecule has 1 fully saturated rings. The summed E-state index contributed by atoms with van der Waals surface area (Å²) >= 11 is 0. The number of benzene rings is 3. The Morgan fingerprint density at radius 1 is 0.977 bits per heavy atom. The number of ether oxygens (including phenoxy) is 3. The van der Waals surface area contributed by atoms with E-state index in [1.54, 1.807) is 38.3 Å². The topological polar surface area (TPSA) is 114 Å². The maximum atomic E-state index is 14.1. The Labute approximate surface area is 256 Å². The Kier molecular flexibility index (Phi) is 9.58. The van der Waals surface area contributed by atoms with Gasteiger partial charge in [-0.1, -0.05) is 25.0 Å². The molecule has 12 heteroatoms. The molecule has 44 heavy (non-hydrogen) atoms. The first-order chi connectivity index (χ1) is 21.2. The SMILES string of the molecule is COc1ccc(CN(C(=O)CN(c2ccc(F)cc2)S(=O)(=O)c2ccc3c(c2)OCCO3)[C@H](C)C(=O)NC2CCCC2)cc1. The van der Waals surface area contributed by atoms with E-state index < -0.39 is 34.3 Å². The van der Waals surface area contributed by atoms with Crippen LogP contribution in [0.4, 0.5) is 10.1 Å². The summed E-state index contributed by atoms with van der Waals surface area (Å²) in [6, 6.07) is 15.2. The van der Waals surface area contributed by atoms with Gasteiger partial charge in [-0.3, -0.25) is 13.9 Å². The van der Waals surface area contributed by atoms with Crippen LogP contribution >= 0.6 is 0 Å². The fourth-order valence-corrected chi connectivity index (χ4v) is 6.78. The van der Waals surface area contributed by atoms with Crippen LogP contribution in [0.25, 0.3) is 0 Å². The molecule has 3 aromatic rings. The van der Waals surface area contributed by atoms with E-state index in [9.17, 15) is 22.4 Å². The molecule has 2 aliphatic rings. The lowest BCUT2D eigenvalue weighted by Crippen LogP contribution is -2.52. The maximum Gasteiger partial charge on any atom is 0.264 e. The number of nitrogens with one attached hydrogen (secondary N) is 1. The number of methoxy groups -OCH3 is 1. The lowest BCUT2D eigenvalue weighted by molar-refractivity contribution is -0.139. The minimum Gasteiger partial charge on any atom is -0.497 e. The van der Waals surface area contributed by atoms with Crippen molar-refractivity contribution in [2.24, 2.45) is 0 Å². The largest absolute Gasteiger partial charge is 0.497 e. The molecule has 10 nitrogen and oxygen atoms in total. The van der Waals surface area contributed by atoms with Gasteiger partial charge >= 0.3 is 0 Å². The van der Waals surface area contributed by atoms with Gasteiger partial charge in [0.2, 0.25) is 11.8 Å². The number of nitrogens with zero attached hydrogens (tertiary/aromatic N) is 2. The molecule has 234 valence electrons. The predicted octanol–water partition coefficient (Wildman–Crippen LogP) is 4.28. The van der Waals surface area contributed by atoms with Crippen molar-refractivity contribution in [2.45, 2.75) is 56.1 Å². The number of carbonyl (C=O) groups excluding carboxylic acids is 2. The standard InChI is InChI=1S/C32H36FN3O7S/c1-22(32(38)34-25-5-3-4-6-25)35(20-23-7-13-27(41-2)14-8-23)31(37)21-36(26-11-9-24(33)10-12-26)44(39,40)28-15-16-29-30(19-28)43-18-17-42-29/h7-16,19,22,25H,3-6,17-18,20-21H2,1-2H3,(H,34,38)/t22-/m1/s1. The van der Waals surface area contributed by atoms with Crippen molar-refractivity contribution in [3.05, 3.63) is 78.1 Å². The third kappa shape index (κ3) is 7.07. The van der Waals surface area contributed by atoms with Crippen molar-refractivity contribution < 1.29 is 36.6 Å². The molecule has 2 amide bonds. The highest BCUT2D eigenvalue weighted by Crippen LogP contribution is 2.34. The summed E-state index contributed by atoms with van der Waals surface area (Å²) in [5.74, 6) is -0.183. The first-order valence-corrected chi connectivity index (χ1v) is 16.0. The monoisotopic (exact) mass is 625 g/mol. The van der Waals surface area contributed by atoms with Gasteiger partial charge in [-0.25, -0.2) is 12.8 Å². The van der Waals surface area contributed by atoms with E-state index in [2.05, 4.69) is 5.32 Å². The summed E-state index contributed by atoms with van der Waals surface area (Å²) in [5, 5.41) is 3.04. The van der Waals surface area contributed by atoms with Crippen molar-refractivity contribution in [3.8, 4) is 17.2 Å². The molecule has 0 radical (unpaired) electrons. The molecule has 1 saturated carbocycles. The van der Waals surface area contributed by atoms with E-state index in [1.807, 2.05) is 0 Å². The first kappa shape index (κ1) is 31.1. The van der Waals surface area contributed by atoms with Gasteiger partial charge in [0, 0.05) is 18.7 Å². The zero-order valence-corrected chi connectivity index (χ0v) is 25.5. The summed E-state index contributed by atoms with van der Waals surface area (Å²) in [7, 11) is -2.82. The fourth-order valence-electron chi connectivity index (χ4n) is 5.35. The van der Waals surface area contributed by atoms with Crippen molar-refractivity contribution in [1.82, 2.24) is 10.2 Å². The molecule has 0 saturated heterocycles. The molecule has 0 aromatic heterocycles. The molecule has 0 unspecified atom stereocenters. The Hall–Kier alpha value is -4.32. The van der Waals surface area contributed by atoms with Gasteiger partial charge in [0.1, 0.15) is 37.4 Å². The van der Waals surface area contributed by atoms with Gasteiger partial charge in [-0.15, -0.1) is 0 Å². The summed E-state index contributed by atoms with van der Waals surface area (Å²) in [4.78, 5) is 28.7. The first-order valence-electron chi connectivity index (χ1n) is 14.6. The molecule has 5 rings (SSSR count). The van der Waals surface area contributed by atoms with E-state index >= 15 is 0 Å². The van der Waals surface area contributed by atoms with Crippen LogP contribution in [-0.2, 0) is 26.2 Å².